The predicted octanol–water partition coefficient (Wildman–Crippen LogP) is -1.36. The Morgan fingerprint density at radius 2 is 0.923 bits per heavy atom. The molecule has 0 radical (unpaired) electrons. The molecule has 0 heterocycles. The van der Waals surface area contributed by atoms with Crippen LogP contribution in [0.4, 0.5) is 0 Å². The van der Waals surface area contributed by atoms with Gasteiger partial charge in [0.05, 0.1) is 43.9 Å². The molecule has 3 N–H and O–H groups in total. The predicted molar refractivity (Wildman–Crippen MR) is 86.8 cm³/mol. The molecule has 0 spiro atoms. The van der Waals surface area contributed by atoms with Crippen molar-refractivity contribution in [2.45, 2.75) is 20.8 Å². The number of carbonyl (C=O) groups excluding carboxylic acids is 3. The second-order valence-electron chi connectivity index (χ2n) is 6.31. The summed E-state index contributed by atoms with van der Waals surface area (Å²) in [5.74, 6) is -1.74. The fourth-order valence-electron chi connectivity index (χ4n) is 1.78. The Hall–Kier alpha value is -1.75. The highest BCUT2D eigenvalue weighted by atomic mass is 16.6. The van der Waals surface area contributed by atoms with Gasteiger partial charge >= 0.3 is 17.9 Å². The zero-order chi connectivity index (χ0) is 20.2. The van der Waals surface area contributed by atoms with E-state index >= 15 is 0 Å². The first-order valence-electron chi connectivity index (χ1n) is 7.95. The highest BCUT2D eigenvalue weighted by molar-refractivity contribution is 5.66. The molecule has 0 aromatic rings. The summed E-state index contributed by atoms with van der Waals surface area (Å²) in [6.45, 7) is 0.817. The molecule has 152 valence electrons. The van der Waals surface area contributed by atoms with Gasteiger partial charge in [0.1, 0.15) is 19.8 Å². The molecule has 0 amide bonds. The lowest BCUT2D eigenvalue weighted by molar-refractivity contribution is -0.162. The van der Waals surface area contributed by atoms with Gasteiger partial charge in [-0.2, -0.15) is 0 Å². The molecule has 0 unspecified atom stereocenters. The minimum Gasteiger partial charge on any atom is -0.465 e. The topological polar surface area (TPSA) is 149 Å². The number of hydrogen-bond donors (Lipinski definition) is 3. The molecular weight excluding hydrogens is 352 g/mol. The highest BCUT2D eigenvalue weighted by Crippen LogP contribution is 2.23. The maximum Gasteiger partial charge on any atom is 0.302 e. The molecule has 0 saturated carbocycles. The zero-order valence-electron chi connectivity index (χ0n) is 15.4. The molecule has 0 aliphatic heterocycles. The third-order valence-electron chi connectivity index (χ3n) is 3.57. The standard InChI is InChI=1S/C16H28O10/c1-12(20)24-9-15(4-17,5-18)7-23-8-16(6-19,10-25-13(2)21)11-26-14(3)22/h17-19H,4-11H2,1-3H3. The Balaban J connectivity index is 4.98. The second kappa shape index (κ2) is 11.8. The molecule has 0 saturated heterocycles. The third-order valence-corrected chi connectivity index (χ3v) is 3.57. The molecule has 10 nitrogen and oxygen atoms in total. The molecule has 0 rings (SSSR count). The number of carbonyl (C=O) groups is 3. The van der Waals surface area contributed by atoms with Crippen LogP contribution in [0.15, 0.2) is 0 Å². The van der Waals surface area contributed by atoms with Gasteiger partial charge < -0.3 is 34.3 Å². The summed E-state index contributed by atoms with van der Waals surface area (Å²) in [6.07, 6.45) is 0. The molecule has 0 aliphatic rings. The largest absolute Gasteiger partial charge is 0.465 e. The van der Waals surface area contributed by atoms with Crippen LogP contribution >= 0.6 is 0 Å². The van der Waals surface area contributed by atoms with Crippen LogP contribution in [0.25, 0.3) is 0 Å². The number of hydrogen-bond acceptors (Lipinski definition) is 10. The van der Waals surface area contributed by atoms with Crippen LogP contribution in [-0.2, 0) is 33.3 Å². The molecular formula is C16H28O10. The fraction of sp³-hybridized carbons (Fsp3) is 0.812. The second-order valence-corrected chi connectivity index (χ2v) is 6.31. The number of aliphatic hydroxyl groups excluding tert-OH is 3. The van der Waals surface area contributed by atoms with Crippen LogP contribution in [0.2, 0.25) is 0 Å². The lowest BCUT2D eigenvalue weighted by atomic mass is 9.90. The summed E-state index contributed by atoms with van der Waals surface area (Å²) in [6, 6.07) is 0. The van der Waals surface area contributed by atoms with Gasteiger partial charge in [0.25, 0.3) is 0 Å². The van der Waals surface area contributed by atoms with Gasteiger partial charge in [0.15, 0.2) is 0 Å². The monoisotopic (exact) mass is 380 g/mol. The molecule has 10 heteroatoms. The van der Waals surface area contributed by atoms with E-state index < -0.39 is 48.6 Å². The average Bonchev–Trinajstić information content (AvgIpc) is 2.60. The van der Waals surface area contributed by atoms with E-state index in [2.05, 4.69) is 0 Å². The van der Waals surface area contributed by atoms with Crippen molar-refractivity contribution in [3.8, 4) is 0 Å². The van der Waals surface area contributed by atoms with Gasteiger partial charge in [-0.15, -0.1) is 0 Å². The van der Waals surface area contributed by atoms with E-state index in [9.17, 15) is 29.7 Å². The summed E-state index contributed by atoms with van der Waals surface area (Å²) in [4.78, 5) is 33.0. The smallest absolute Gasteiger partial charge is 0.302 e. The Bertz CT molecular complexity index is 440. The quantitative estimate of drug-likeness (QED) is 0.258. The van der Waals surface area contributed by atoms with Crippen molar-refractivity contribution in [2.75, 3.05) is 52.9 Å². The summed E-state index contributed by atoms with van der Waals surface area (Å²) in [5.41, 5.74) is -2.45. The third kappa shape index (κ3) is 9.09. The molecule has 0 aromatic carbocycles. The Morgan fingerprint density at radius 1 is 0.615 bits per heavy atom. The van der Waals surface area contributed by atoms with Crippen LogP contribution in [-0.4, -0.2) is 86.1 Å². The van der Waals surface area contributed by atoms with Crippen LogP contribution in [0.3, 0.4) is 0 Å². The SMILES string of the molecule is CC(=O)OCC(CO)(CO)COCC(CO)(COC(C)=O)COC(C)=O. The minimum absolute atomic E-state index is 0.202. The van der Waals surface area contributed by atoms with Crippen LogP contribution < -0.4 is 0 Å². The van der Waals surface area contributed by atoms with E-state index in [-0.39, 0.29) is 33.0 Å². The van der Waals surface area contributed by atoms with Gasteiger partial charge in [-0.25, -0.2) is 0 Å². The van der Waals surface area contributed by atoms with Gasteiger partial charge in [-0.3, -0.25) is 14.4 Å². The van der Waals surface area contributed by atoms with E-state index in [1.165, 1.54) is 20.8 Å². The maximum absolute atomic E-state index is 11.1. The van der Waals surface area contributed by atoms with E-state index in [4.69, 9.17) is 18.9 Å². The molecule has 0 aromatic heterocycles. The Morgan fingerprint density at radius 3 is 1.23 bits per heavy atom. The Labute approximate surface area is 152 Å². The number of rotatable bonds is 13. The van der Waals surface area contributed by atoms with E-state index in [1.807, 2.05) is 0 Å². The van der Waals surface area contributed by atoms with E-state index in [0.29, 0.717) is 0 Å². The Kier molecular flexibility index (Phi) is 11.0. The summed E-state index contributed by atoms with van der Waals surface area (Å²) in [5, 5.41) is 28.7. The van der Waals surface area contributed by atoms with Crippen LogP contribution in [0, 0.1) is 10.8 Å². The average molecular weight is 380 g/mol. The molecule has 0 aliphatic carbocycles. The van der Waals surface area contributed by atoms with Gasteiger partial charge in [0, 0.05) is 20.8 Å². The van der Waals surface area contributed by atoms with E-state index in [1.54, 1.807) is 0 Å². The summed E-state index contributed by atoms with van der Waals surface area (Å²) < 4.78 is 20.1. The molecule has 26 heavy (non-hydrogen) atoms. The first-order valence-corrected chi connectivity index (χ1v) is 7.95. The number of aliphatic hydroxyl groups is 3. The lowest BCUT2D eigenvalue weighted by Gasteiger charge is -2.33. The van der Waals surface area contributed by atoms with Gasteiger partial charge in [0.2, 0.25) is 0 Å². The van der Waals surface area contributed by atoms with Crippen LogP contribution in [0.1, 0.15) is 20.8 Å². The van der Waals surface area contributed by atoms with Gasteiger partial charge in [-0.05, 0) is 0 Å². The van der Waals surface area contributed by atoms with E-state index in [0.717, 1.165) is 0 Å². The molecule has 0 bridgehead atoms. The van der Waals surface area contributed by atoms with Crippen molar-refractivity contribution in [3.63, 3.8) is 0 Å². The normalized spacial score (nSPS) is 11.8. The van der Waals surface area contributed by atoms with Gasteiger partial charge in [-0.1, -0.05) is 0 Å². The van der Waals surface area contributed by atoms with Crippen molar-refractivity contribution < 1.29 is 48.7 Å². The first-order chi connectivity index (χ1) is 12.1. The van der Waals surface area contributed by atoms with Crippen molar-refractivity contribution >= 4 is 17.9 Å². The molecule has 0 atom stereocenters. The fourth-order valence-corrected chi connectivity index (χ4v) is 1.78. The maximum atomic E-state index is 11.1. The zero-order valence-corrected chi connectivity index (χ0v) is 15.4. The van der Waals surface area contributed by atoms with Crippen molar-refractivity contribution in [1.82, 2.24) is 0 Å². The minimum atomic E-state index is -1.24. The lowest BCUT2D eigenvalue weighted by Crippen LogP contribution is -2.45. The van der Waals surface area contributed by atoms with Crippen molar-refractivity contribution in [1.29, 1.82) is 0 Å². The van der Waals surface area contributed by atoms with Crippen molar-refractivity contribution in [3.05, 3.63) is 0 Å². The number of ether oxygens (including phenoxy) is 4. The first kappa shape index (κ1) is 24.2. The van der Waals surface area contributed by atoms with Crippen molar-refractivity contribution in [2.24, 2.45) is 10.8 Å². The summed E-state index contributed by atoms with van der Waals surface area (Å²) >= 11 is 0. The number of esters is 3. The highest BCUT2D eigenvalue weighted by Gasteiger charge is 2.36. The van der Waals surface area contributed by atoms with Crippen LogP contribution in [0.5, 0.6) is 0 Å². The molecule has 0 fully saturated rings. The summed E-state index contributed by atoms with van der Waals surface area (Å²) in [7, 11) is 0.